The molecule has 8 heteroatoms. The minimum atomic E-state index is -3.68. The van der Waals surface area contributed by atoms with Gasteiger partial charge in [-0.3, -0.25) is 4.79 Å². The molecule has 0 radical (unpaired) electrons. The number of hydrogen-bond donors (Lipinski definition) is 1. The quantitative estimate of drug-likeness (QED) is 0.822. The molecule has 5 nitrogen and oxygen atoms in total. The van der Waals surface area contributed by atoms with Crippen LogP contribution in [0, 0.1) is 0 Å². The summed E-state index contributed by atoms with van der Waals surface area (Å²) in [6.45, 7) is 0.103. The smallest absolute Gasteiger partial charge is 0.228 e. The summed E-state index contributed by atoms with van der Waals surface area (Å²) >= 11 is 6.67. The monoisotopic (exact) mass is 396 g/mol. The lowest BCUT2D eigenvalue weighted by molar-refractivity contribution is -0.117. The second-order valence-corrected chi connectivity index (χ2v) is 7.57. The molecule has 1 heterocycles. The van der Waals surface area contributed by atoms with E-state index < -0.39 is 15.3 Å². The molecule has 0 saturated carbocycles. The maximum absolute atomic E-state index is 11.8. The van der Waals surface area contributed by atoms with Gasteiger partial charge in [-0.25, -0.2) is 13.6 Å². The van der Waals surface area contributed by atoms with Crippen LogP contribution in [-0.4, -0.2) is 26.1 Å². The number of sulfonamides is 1. The Morgan fingerprint density at radius 2 is 1.94 bits per heavy atom. The van der Waals surface area contributed by atoms with Gasteiger partial charge in [0.1, 0.15) is 5.25 Å². The SMILES string of the molecule is NS(=O)(=O)C1CC(=O)N(c2ccc(Br)c(Br)c2)C1. The normalized spacial score (nSPS) is 20.5. The molecule has 0 aliphatic carbocycles. The molecule has 2 N–H and O–H groups in total. The van der Waals surface area contributed by atoms with Gasteiger partial charge in [-0.1, -0.05) is 0 Å². The number of primary sulfonamides is 1. The van der Waals surface area contributed by atoms with Crippen LogP contribution < -0.4 is 10.0 Å². The van der Waals surface area contributed by atoms with E-state index in [2.05, 4.69) is 31.9 Å². The lowest BCUT2D eigenvalue weighted by atomic mass is 10.3. The van der Waals surface area contributed by atoms with E-state index in [1.165, 1.54) is 4.90 Å². The first kappa shape index (κ1) is 14.0. The van der Waals surface area contributed by atoms with Gasteiger partial charge in [0.15, 0.2) is 0 Å². The predicted octanol–water partition coefficient (Wildman–Crippen LogP) is 1.61. The van der Waals surface area contributed by atoms with Crippen LogP contribution in [0.1, 0.15) is 6.42 Å². The number of carbonyl (C=O) groups excluding carboxylic acids is 1. The second-order valence-electron chi connectivity index (χ2n) is 4.02. The third-order valence-corrected chi connectivity index (χ3v) is 5.89. The fourth-order valence-electron chi connectivity index (χ4n) is 1.80. The number of halogens is 2. The number of amides is 1. The molecule has 18 heavy (non-hydrogen) atoms. The Kier molecular flexibility index (Phi) is 3.82. The highest BCUT2D eigenvalue weighted by atomic mass is 79.9. The molecule has 2 rings (SSSR count). The summed E-state index contributed by atoms with van der Waals surface area (Å²) in [6.07, 6.45) is -0.0630. The molecule has 1 atom stereocenters. The first-order chi connectivity index (χ1) is 8.29. The zero-order valence-electron chi connectivity index (χ0n) is 9.14. The minimum absolute atomic E-state index is 0.0630. The van der Waals surface area contributed by atoms with Crippen LogP contribution in [0.2, 0.25) is 0 Å². The van der Waals surface area contributed by atoms with Gasteiger partial charge in [0.25, 0.3) is 0 Å². The average molecular weight is 398 g/mol. The minimum Gasteiger partial charge on any atom is -0.311 e. The third kappa shape index (κ3) is 2.76. The standard InChI is InChI=1S/C10H10Br2N2O3S/c11-8-2-1-6(3-9(8)12)14-5-7(4-10(14)15)18(13,16)17/h1-3,7H,4-5H2,(H2,13,16,17). The highest BCUT2D eigenvalue weighted by molar-refractivity contribution is 9.13. The van der Waals surface area contributed by atoms with Gasteiger partial charge >= 0.3 is 0 Å². The maximum Gasteiger partial charge on any atom is 0.228 e. The van der Waals surface area contributed by atoms with E-state index in [-0.39, 0.29) is 18.9 Å². The molecule has 1 aliphatic heterocycles. The molecular weight excluding hydrogens is 388 g/mol. The Bertz CT molecular complexity index is 603. The van der Waals surface area contributed by atoms with Gasteiger partial charge in [0, 0.05) is 27.6 Å². The van der Waals surface area contributed by atoms with Crippen molar-refractivity contribution in [2.75, 3.05) is 11.4 Å². The molecule has 1 aliphatic rings. The van der Waals surface area contributed by atoms with Gasteiger partial charge in [-0.05, 0) is 50.1 Å². The molecular formula is C10H10Br2N2O3S. The van der Waals surface area contributed by atoms with Crippen LogP contribution in [0.3, 0.4) is 0 Å². The van der Waals surface area contributed by atoms with E-state index in [1.54, 1.807) is 18.2 Å². The van der Waals surface area contributed by atoms with Crippen molar-refractivity contribution in [1.82, 2.24) is 0 Å². The van der Waals surface area contributed by atoms with Crippen LogP contribution in [0.5, 0.6) is 0 Å². The molecule has 0 bridgehead atoms. The Balaban J connectivity index is 2.30. The van der Waals surface area contributed by atoms with E-state index >= 15 is 0 Å². The highest BCUT2D eigenvalue weighted by Crippen LogP contribution is 2.30. The number of hydrogen-bond acceptors (Lipinski definition) is 3. The molecule has 98 valence electrons. The van der Waals surface area contributed by atoms with Gasteiger partial charge in [-0.2, -0.15) is 0 Å². The second kappa shape index (κ2) is 4.92. The van der Waals surface area contributed by atoms with Crippen molar-refractivity contribution in [3.05, 3.63) is 27.1 Å². The molecule has 1 unspecified atom stereocenters. The van der Waals surface area contributed by atoms with E-state index in [0.717, 1.165) is 8.95 Å². The fourth-order valence-corrected chi connectivity index (χ4v) is 3.14. The van der Waals surface area contributed by atoms with Gasteiger partial charge in [-0.15, -0.1) is 0 Å². The number of nitrogens with zero attached hydrogens (tertiary/aromatic N) is 1. The Morgan fingerprint density at radius 3 is 2.44 bits per heavy atom. The lowest BCUT2D eigenvalue weighted by Crippen LogP contribution is -2.32. The average Bonchev–Trinajstić information content (AvgIpc) is 2.64. The van der Waals surface area contributed by atoms with Gasteiger partial charge < -0.3 is 4.90 Å². The molecule has 1 fully saturated rings. The molecule has 1 aromatic rings. The Hall–Kier alpha value is -0.440. The summed E-state index contributed by atoms with van der Waals surface area (Å²) in [5, 5.41) is 4.25. The number of carbonyl (C=O) groups is 1. The molecule has 0 spiro atoms. The summed E-state index contributed by atoms with van der Waals surface area (Å²) < 4.78 is 24.2. The Labute approximate surface area is 122 Å². The first-order valence-electron chi connectivity index (χ1n) is 5.06. The van der Waals surface area contributed by atoms with Crippen molar-refractivity contribution >= 4 is 53.5 Å². The van der Waals surface area contributed by atoms with Crippen LogP contribution >= 0.6 is 31.9 Å². The van der Waals surface area contributed by atoms with Gasteiger partial charge in [0.2, 0.25) is 15.9 Å². The number of nitrogens with two attached hydrogens (primary N) is 1. The molecule has 1 amide bonds. The van der Waals surface area contributed by atoms with Crippen LogP contribution in [-0.2, 0) is 14.8 Å². The summed E-state index contributed by atoms with van der Waals surface area (Å²) in [6, 6.07) is 5.29. The fraction of sp³-hybridized carbons (Fsp3) is 0.300. The molecule has 0 aromatic heterocycles. The summed E-state index contributed by atoms with van der Waals surface area (Å²) in [7, 11) is -3.68. The number of benzene rings is 1. The topological polar surface area (TPSA) is 80.5 Å². The lowest BCUT2D eigenvalue weighted by Gasteiger charge is -2.17. The highest BCUT2D eigenvalue weighted by Gasteiger charge is 2.37. The molecule has 1 aromatic carbocycles. The van der Waals surface area contributed by atoms with Crippen molar-refractivity contribution in [3.8, 4) is 0 Å². The van der Waals surface area contributed by atoms with E-state index in [9.17, 15) is 13.2 Å². The number of anilines is 1. The number of rotatable bonds is 2. The largest absolute Gasteiger partial charge is 0.311 e. The van der Waals surface area contributed by atoms with Crippen LogP contribution in [0.4, 0.5) is 5.69 Å². The van der Waals surface area contributed by atoms with Crippen molar-refractivity contribution in [2.45, 2.75) is 11.7 Å². The van der Waals surface area contributed by atoms with Crippen molar-refractivity contribution in [1.29, 1.82) is 0 Å². The van der Waals surface area contributed by atoms with Crippen molar-refractivity contribution < 1.29 is 13.2 Å². The van der Waals surface area contributed by atoms with Crippen LogP contribution in [0.15, 0.2) is 27.1 Å². The van der Waals surface area contributed by atoms with Crippen molar-refractivity contribution in [2.24, 2.45) is 5.14 Å². The van der Waals surface area contributed by atoms with E-state index in [4.69, 9.17) is 5.14 Å². The Morgan fingerprint density at radius 1 is 1.28 bits per heavy atom. The van der Waals surface area contributed by atoms with E-state index in [0.29, 0.717) is 5.69 Å². The molecule has 1 saturated heterocycles. The predicted molar refractivity (Wildman–Crippen MR) is 75.7 cm³/mol. The van der Waals surface area contributed by atoms with Crippen LogP contribution in [0.25, 0.3) is 0 Å². The summed E-state index contributed by atoms with van der Waals surface area (Å²) in [4.78, 5) is 13.2. The first-order valence-corrected chi connectivity index (χ1v) is 8.25. The van der Waals surface area contributed by atoms with Gasteiger partial charge in [0.05, 0.1) is 0 Å². The summed E-state index contributed by atoms with van der Waals surface area (Å²) in [5.74, 6) is -0.233. The zero-order chi connectivity index (χ0) is 13.5. The third-order valence-electron chi connectivity index (χ3n) is 2.77. The summed E-state index contributed by atoms with van der Waals surface area (Å²) in [5.41, 5.74) is 0.654. The zero-order valence-corrected chi connectivity index (χ0v) is 13.1. The van der Waals surface area contributed by atoms with Crippen molar-refractivity contribution in [3.63, 3.8) is 0 Å². The van der Waals surface area contributed by atoms with E-state index in [1.807, 2.05) is 0 Å². The maximum atomic E-state index is 11.8.